The molecule has 1 heterocycles. The number of hydrogen-bond acceptors (Lipinski definition) is 4. The predicted octanol–water partition coefficient (Wildman–Crippen LogP) is 0.775. The molecule has 0 spiro atoms. The van der Waals surface area contributed by atoms with Gasteiger partial charge < -0.3 is 5.32 Å². The number of nitro groups is 1. The Kier molecular flexibility index (Phi) is 3.26. The Morgan fingerprint density at radius 1 is 1.56 bits per heavy atom. The van der Waals surface area contributed by atoms with Gasteiger partial charge in [-0.05, 0) is 20.8 Å². The molecular weight excluding hydrogens is 212 g/mol. The summed E-state index contributed by atoms with van der Waals surface area (Å²) in [4.78, 5) is 21.9. The van der Waals surface area contributed by atoms with Gasteiger partial charge in [-0.25, -0.2) is 0 Å². The van der Waals surface area contributed by atoms with Crippen LogP contribution in [0.15, 0.2) is 0 Å². The van der Waals surface area contributed by atoms with Gasteiger partial charge >= 0.3 is 5.69 Å². The van der Waals surface area contributed by atoms with Crippen LogP contribution >= 0.6 is 0 Å². The average molecular weight is 226 g/mol. The summed E-state index contributed by atoms with van der Waals surface area (Å²) >= 11 is 0. The van der Waals surface area contributed by atoms with Crippen LogP contribution < -0.4 is 5.32 Å². The highest BCUT2D eigenvalue weighted by Gasteiger charge is 2.28. The number of aromatic nitrogens is 2. The monoisotopic (exact) mass is 226 g/mol. The molecule has 0 bridgehead atoms. The average Bonchev–Trinajstić information content (AvgIpc) is 2.42. The smallest absolute Gasteiger partial charge is 0.322 e. The van der Waals surface area contributed by atoms with E-state index in [0.29, 0.717) is 5.69 Å². The molecular formula is C9H14N4O3. The molecule has 1 N–H and O–H groups in total. The summed E-state index contributed by atoms with van der Waals surface area (Å²) in [6, 6.07) is -0.0885. The summed E-state index contributed by atoms with van der Waals surface area (Å²) in [6.45, 7) is 5.11. The molecule has 88 valence electrons. The number of nitrogens with zero attached hydrogens (tertiary/aromatic N) is 3. The Morgan fingerprint density at radius 2 is 2.12 bits per heavy atom. The van der Waals surface area contributed by atoms with Crippen molar-refractivity contribution < 1.29 is 9.72 Å². The van der Waals surface area contributed by atoms with E-state index >= 15 is 0 Å². The van der Waals surface area contributed by atoms with E-state index < -0.39 is 10.8 Å². The van der Waals surface area contributed by atoms with E-state index in [9.17, 15) is 14.9 Å². The molecule has 16 heavy (non-hydrogen) atoms. The Hall–Kier alpha value is -1.92. The van der Waals surface area contributed by atoms with Crippen LogP contribution in [-0.2, 0) is 7.05 Å². The van der Waals surface area contributed by atoms with Crippen molar-refractivity contribution in [1.82, 2.24) is 15.1 Å². The SMILES string of the molecule is Cc1c([N+](=O)[O-])c(C(=O)NC(C)C)nn1C. The van der Waals surface area contributed by atoms with Crippen LogP contribution in [0.1, 0.15) is 30.0 Å². The third-order valence-corrected chi connectivity index (χ3v) is 2.12. The lowest BCUT2D eigenvalue weighted by Gasteiger charge is -2.05. The molecule has 0 aliphatic heterocycles. The van der Waals surface area contributed by atoms with E-state index in [0.717, 1.165) is 0 Å². The second-order valence-electron chi connectivity index (χ2n) is 3.79. The van der Waals surface area contributed by atoms with Crippen molar-refractivity contribution in [3.05, 3.63) is 21.5 Å². The largest absolute Gasteiger partial charge is 0.348 e. The molecule has 1 aromatic heterocycles. The van der Waals surface area contributed by atoms with Crippen molar-refractivity contribution in [1.29, 1.82) is 0 Å². The van der Waals surface area contributed by atoms with Gasteiger partial charge in [0.25, 0.3) is 5.91 Å². The molecule has 0 unspecified atom stereocenters. The van der Waals surface area contributed by atoms with Crippen molar-refractivity contribution in [3.8, 4) is 0 Å². The molecule has 0 fully saturated rings. The van der Waals surface area contributed by atoms with E-state index in [2.05, 4.69) is 10.4 Å². The van der Waals surface area contributed by atoms with Crippen molar-refractivity contribution in [2.24, 2.45) is 7.05 Å². The van der Waals surface area contributed by atoms with Crippen molar-refractivity contribution in [2.45, 2.75) is 26.8 Å². The van der Waals surface area contributed by atoms with Crippen molar-refractivity contribution in [3.63, 3.8) is 0 Å². The van der Waals surface area contributed by atoms with Crippen molar-refractivity contribution in [2.75, 3.05) is 0 Å². The van der Waals surface area contributed by atoms with Gasteiger partial charge in [0.05, 0.1) is 4.92 Å². The van der Waals surface area contributed by atoms with Gasteiger partial charge in [-0.15, -0.1) is 0 Å². The normalized spacial score (nSPS) is 10.6. The highest BCUT2D eigenvalue weighted by molar-refractivity contribution is 5.96. The topological polar surface area (TPSA) is 90.1 Å². The van der Waals surface area contributed by atoms with E-state index in [4.69, 9.17) is 0 Å². The molecule has 0 radical (unpaired) electrons. The molecule has 0 aliphatic carbocycles. The zero-order chi connectivity index (χ0) is 12.5. The van der Waals surface area contributed by atoms with Crippen LogP contribution in [0.5, 0.6) is 0 Å². The van der Waals surface area contributed by atoms with E-state index in [-0.39, 0.29) is 17.4 Å². The maximum absolute atomic E-state index is 11.7. The molecule has 7 heteroatoms. The van der Waals surface area contributed by atoms with Gasteiger partial charge in [0.1, 0.15) is 5.69 Å². The Bertz CT molecular complexity index is 436. The summed E-state index contributed by atoms with van der Waals surface area (Å²) in [5, 5.41) is 17.2. The molecule has 0 aromatic carbocycles. The Labute approximate surface area is 92.6 Å². The standard InChI is InChI=1S/C9H14N4O3/c1-5(2)10-9(14)7-8(13(15)16)6(3)12(4)11-7/h5H,1-4H3,(H,10,14). The third kappa shape index (κ3) is 2.18. The van der Waals surface area contributed by atoms with Gasteiger partial charge in [-0.3, -0.25) is 19.6 Å². The van der Waals surface area contributed by atoms with E-state index in [1.54, 1.807) is 27.8 Å². The maximum atomic E-state index is 11.7. The quantitative estimate of drug-likeness (QED) is 0.609. The van der Waals surface area contributed by atoms with Crippen LogP contribution in [0.2, 0.25) is 0 Å². The molecule has 0 saturated carbocycles. The second-order valence-corrected chi connectivity index (χ2v) is 3.79. The zero-order valence-corrected chi connectivity index (χ0v) is 9.64. The van der Waals surface area contributed by atoms with Gasteiger partial charge in [-0.2, -0.15) is 5.10 Å². The number of rotatable bonds is 3. The molecule has 1 aromatic rings. The number of amides is 1. The fourth-order valence-electron chi connectivity index (χ4n) is 1.30. The van der Waals surface area contributed by atoms with Crippen LogP contribution in [0.3, 0.4) is 0 Å². The van der Waals surface area contributed by atoms with Crippen LogP contribution in [0.25, 0.3) is 0 Å². The highest BCUT2D eigenvalue weighted by atomic mass is 16.6. The van der Waals surface area contributed by atoms with Gasteiger partial charge in [0.2, 0.25) is 5.69 Å². The molecule has 0 saturated heterocycles. The number of nitrogens with one attached hydrogen (secondary N) is 1. The summed E-state index contributed by atoms with van der Waals surface area (Å²) in [5.74, 6) is -0.523. The van der Waals surface area contributed by atoms with Gasteiger partial charge in [-0.1, -0.05) is 0 Å². The van der Waals surface area contributed by atoms with Crippen LogP contribution in [0.4, 0.5) is 5.69 Å². The van der Waals surface area contributed by atoms with Crippen LogP contribution in [-0.4, -0.2) is 26.7 Å². The number of carbonyl (C=O) groups is 1. The Balaban J connectivity index is 3.18. The molecule has 1 amide bonds. The molecule has 7 nitrogen and oxygen atoms in total. The number of aryl methyl sites for hydroxylation is 1. The van der Waals surface area contributed by atoms with E-state index in [1.165, 1.54) is 4.68 Å². The summed E-state index contributed by atoms with van der Waals surface area (Å²) in [6.07, 6.45) is 0. The lowest BCUT2D eigenvalue weighted by Crippen LogP contribution is -2.30. The highest BCUT2D eigenvalue weighted by Crippen LogP contribution is 2.21. The summed E-state index contributed by atoms with van der Waals surface area (Å²) < 4.78 is 1.33. The minimum Gasteiger partial charge on any atom is -0.348 e. The first-order valence-corrected chi connectivity index (χ1v) is 4.83. The van der Waals surface area contributed by atoms with Gasteiger partial charge in [0.15, 0.2) is 0 Å². The first kappa shape index (κ1) is 12.2. The zero-order valence-electron chi connectivity index (χ0n) is 9.64. The fourth-order valence-corrected chi connectivity index (χ4v) is 1.30. The minimum absolute atomic E-state index is 0.0885. The summed E-state index contributed by atoms with van der Waals surface area (Å²) in [5.41, 5.74) is -0.0155. The minimum atomic E-state index is -0.586. The first-order chi connectivity index (χ1) is 7.34. The Morgan fingerprint density at radius 3 is 2.56 bits per heavy atom. The summed E-state index contributed by atoms with van der Waals surface area (Å²) in [7, 11) is 1.56. The molecule has 0 aliphatic rings. The number of hydrogen-bond donors (Lipinski definition) is 1. The lowest BCUT2D eigenvalue weighted by molar-refractivity contribution is -0.385. The van der Waals surface area contributed by atoms with Gasteiger partial charge in [0, 0.05) is 13.1 Å². The fraction of sp³-hybridized carbons (Fsp3) is 0.556. The predicted molar refractivity (Wildman–Crippen MR) is 57.2 cm³/mol. The molecule has 0 atom stereocenters. The van der Waals surface area contributed by atoms with Crippen molar-refractivity contribution >= 4 is 11.6 Å². The molecule has 1 rings (SSSR count). The number of carbonyl (C=O) groups excluding carboxylic acids is 1. The maximum Gasteiger partial charge on any atom is 0.322 e. The van der Waals surface area contributed by atoms with E-state index in [1.807, 2.05) is 0 Å². The lowest BCUT2D eigenvalue weighted by atomic mass is 10.2. The first-order valence-electron chi connectivity index (χ1n) is 4.83. The van der Waals surface area contributed by atoms with Crippen LogP contribution in [0, 0.1) is 17.0 Å². The third-order valence-electron chi connectivity index (χ3n) is 2.12. The second kappa shape index (κ2) is 4.30.